The van der Waals surface area contributed by atoms with Crippen LogP contribution in [0.25, 0.3) is 0 Å². The molecule has 0 radical (unpaired) electrons. The van der Waals surface area contributed by atoms with Crippen LogP contribution in [0.2, 0.25) is 0 Å². The van der Waals surface area contributed by atoms with Crippen molar-refractivity contribution in [1.29, 1.82) is 0 Å². The first-order chi connectivity index (χ1) is 12.5. The predicted molar refractivity (Wildman–Crippen MR) is 92.5 cm³/mol. The molecule has 1 aliphatic rings. The first-order valence-electron chi connectivity index (χ1n) is 8.25. The fourth-order valence-corrected chi connectivity index (χ4v) is 2.46. The Morgan fingerprint density at radius 1 is 1.31 bits per heavy atom. The van der Waals surface area contributed by atoms with Crippen molar-refractivity contribution in [3.63, 3.8) is 0 Å². The van der Waals surface area contributed by atoms with Crippen molar-refractivity contribution in [3.05, 3.63) is 17.7 Å². The maximum Gasteiger partial charge on any atom is 0.257 e. The molecule has 0 aliphatic carbocycles. The van der Waals surface area contributed by atoms with Crippen LogP contribution in [-0.4, -0.2) is 82.0 Å². The zero-order chi connectivity index (χ0) is 19.1. The van der Waals surface area contributed by atoms with Gasteiger partial charge in [0.05, 0.1) is 26.9 Å². The lowest BCUT2D eigenvalue weighted by molar-refractivity contribution is -0.140. The third-order valence-electron chi connectivity index (χ3n) is 4.02. The predicted octanol–water partition coefficient (Wildman–Crippen LogP) is 0.0909. The largest absolute Gasteiger partial charge is 0.481 e. The number of rotatable bonds is 7. The lowest BCUT2D eigenvalue weighted by Crippen LogP contribution is -2.50. The van der Waals surface area contributed by atoms with Gasteiger partial charge in [0.2, 0.25) is 17.7 Å². The third kappa shape index (κ3) is 5.06. The molecule has 0 spiro atoms. The number of carbonyl (C=O) groups excluding carboxylic acids is 2. The van der Waals surface area contributed by atoms with Crippen molar-refractivity contribution in [2.45, 2.75) is 18.6 Å². The second-order valence-electron chi connectivity index (χ2n) is 5.99. The summed E-state index contributed by atoms with van der Waals surface area (Å²) in [4.78, 5) is 29.9. The highest BCUT2D eigenvalue weighted by atomic mass is 16.5. The molecular formula is C17H25N3O6. The van der Waals surface area contributed by atoms with Gasteiger partial charge in [0, 0.05) is 26.8 Å². The van der Waals surface area contributed by atoms with E-state index in [0.29, 0.717) is 31.1 Å². The first-order valence-corrected chi connectivity index (χ1v) is 8.25. The molecule has 26 heavy (non-hydrogen) atoms. The molecule has 2 amide bonds. The van der Waals surface area contributed by atoms with Crippen LogP contribution >= 0.6 is 0 Å². The maximum atomic E-state index is 12.6. The van der Waals surface area contributed by atoms with Gasteiger partial charge in [-0.25, -0.2) is 0 Å². The minimum atomic E-state index is -0.409. The van der Waals surface area contributed by atoms with Crippen molar-refractivity contribution in [3.8, 4) is 11.8 Å². The Labute approximate surface area is 152 Å². The minimum absolute atomic E-state index is 0.0686. The zero-order valence-corrected chi connectivity index (χ0v) is 15.5. The van der Waals surface area contributed by atoms with Gasteiger partial charge < -0.3 is 29.2 Å². The molecule has 0 unspecified atom stereocenters. The van der Waals surface area contributed by atoms with Crippen LogP contribution in [0, 0.1) is 0 Å². The number of amides is 2. The summed E-state index contributed by atoms with van der Waals surface area (Å²) in [6.45, 7) is 0.745. The van der Waals surface area contributed by atoms with Crippen LogP contribution in [0.4, 0.5) is 0 Å². The minimum Gasteiger partial charge on any atom is -0.481 e. The molecule has 1 aliphatic heterocycles. The van der Waals surface area contributed by atoms with E-state index in [0.717, 1.165) is 0 Å². The van der Waals surface area contributed by atoms with E-state index in [9.17, 15) is 9.59 Å². The van der Waals surface area contributed by atoms with Gasteiger partial charge in [-0.2, -0.15) is 4.98 Å². The number of hydrogen-bond donors (Lipinski definition) is 1. The van der Waals surface area contributed by atoms with Crippen molar-refractivity contribution in [1.82, 2.24) is 15.2 Å². The molecular weight excluding hydrogens is 342 g/mol. The average molecular weight is 367 g/mol. The molecule has 2 heterocycles. The topological polar surface area (TPSA) is 99.2 Å². The maximum absolute atomic E-state index is 12.6. The van der Waals surface area contributed by atoms with E-state index in [1.54, 1.807) is 26.2 Å². The standard InChI is InChI=1S/C17H25N3O6/c1-20(2)15(21)10-26-13-9-25-8-7-12(13)18-16(22)11-5-6-14(23-3)19-17(11)24-4/h5-6,12-13H,7-10H2,1-4H3,(H,18,22)/t12-,13-/m1/s1. The van der Waals surface area contributed by atoms with Gasteiger partial charge in [0.15, 0.2) is 0 Å². The molecule has 2 atom stereocenters. The van der Waals surface area contributed by atoms with Gasteiger partial charge in [-0.3, -0.25) is 9.59 Å². The number of likely N-dealkylation sites (N-methyl/N-ethyl adjacent to an activating group) is 1. The summed E-state index contributed by atoms with van der Waals surface area (Å²) in [6, 6.07) is 2.90. The summed E-state index contributed by atoms with van der Waals surface area (Å²) in [6.07, 6.45) is 0.173. The molecule has 9 heteroatoms. The number of pyridine rings is 1. The number of carbonyl (C=O) groups is 2. The van der Waals surface area contributed by atoms with Crippen LogP contribution in [0.1, 0.15) is 16.8 Å². The number of aromatic nitrogens is 1. The van der Waals surface area contributed by atoms with E-state index in [1.165, 1.54) is 19.1 Å². The Kier molecular flexibility index (Phi) is 7.16. The summed E-state index contributed by atoms with van der Waals surface area (Å²) in [7, 11) is 6.24. The normalized spacial score (nSPS) is 19.5. The second kappa shape index (κ2) is 9.35. The van der Waals surface area contributed by atoms with Crippen LogP contribution in [0.3, 0.4) is 0 Å². The quantitative estimate of drug-likeness (QED) is 0.729. The van der Waals surface area contributed by atoms with E-state index < -0.39 is 6.10 Å². The Bertz CT molecular complexity index is 637. The van der Waals surface area contributed by atoms with E-state index in [-0.39, 0.29) is 30.3 Å². The molecule has 9 nitrogen and oxygen atoms in total. The molecule has 0 aromatic carbocycles. The molecule has 1 aromatic heterocycles. The highest BCUT2D eigenvalue weighted by molar-refractivity contribution is 5.96. The molecule has 144 valence electrons. The summed E-state index contributed by atoms with van der Waals surface area (Å²) >= 11 is 0. The molecule has 1 saturated heterocycles. The van der Waals surface area contributed by atoms with Crippen LogP contribution in [-0.2, 0) is 14.3 Å². The van der Waals surface area contributed by atoms with Gasteiger partial charge in [-0.15, -0.1) is 0 Å². The van der Waals surface area contributed by atoms with Gasteiger partial charge in [-0.1, -0.05) is 0 Å². The van der Waals surface area contributed by atoms with E-state index in [2.05, 4.69) is 10.3 Å². The summed E-state index contributed by atoms with van der Waals surface area (Å²) in [5.74, 6) is 0.0418. The highest BCUT2D eigenvalue weighted by Gasteiger charge is 2.30. The SMILES string of the molecule is COc1ccc(C(=O)N[C@@H]2CCOC[C@H]2OCC(=O)N(C)C)c(OC)n1. The van der Waals surface area contributed by atoms with E-state index in [4.69, 9.17) is 18.9 Å². The Balaban J connectivity index is 2.04. The fraction of sp³-hybridized carbons (Fsp3) is 0.588. The van der Waals surface area contributed by atoms with E-state index >= 15 is 0 Å². The number of nitrogens with one attached hydrogen (secondary N) is 1. The van der Waals surface area contributed by atoms with Crippen LogP contribution in [0.5, 0.6) is 11.8 Å². The van der Waals surface area contributed by atoms with Gasteiger partial charge >= 0.3 is 0 Å². The number of hydrogen-bond acceptors (Lipinski definition) is 7. The van der Waals surface area contributed by atoms with Crippen LogP contribution in [0.15, 0.2) is 12.1 Å². The average Bonchev–Trinajstić information content (AvgIpc) is 2.66. The Hall–Kier alpha value is -2.39. The molecule has 1 N–H and O–H groups in total. The fourth-order valence-electron chi connectivity index (χ4n) is 2.46. The molecule has 1 fully saturated rings. The van der Waals surface area contributed by atoms with Gasteiger partial charge in [0.25, 0.3) is 5.91 Å². The van der Waals surface area contributed by atoms with Crippen molar-refractivity contribution >= 4 is 11.8 Å². The highest BCUT2D eigenvalue weighted by Crippen LogP contribution is 2.20. The lowest BCUT2D eigenvalue weighted by Gasteiger charge is -2.32. The molecule has 2 rings (SSSR count). The number of ether oxygens (including phenoxy) is 4. The monoisotopic (exact) mass is 367 g/mol. The zero-order valence-electron chi connectivity index (χ0n) is 15.5. The summed E-state index contributed by atoms with van der Waals surface area (Å²) in [5.41, 5.74) is 0.294. The number of methoxy groups -OCH3 is 2. The van der Waals surface area contributed by atoms with Gasteiger partial charge in [0.1, 0.15) is 18.3 Å². The second-order valence-corrected chi connectivity index (χ2v) is 5.99. The summed E-state index contributed by atoms with van der Waals surface area (Å²) < 4.78 is 21.3. The van der Waals surface area contributed by atoms with E-state index in [1.807, 2.05) is 0 Å². The third-order valence-corrected chi connectivity index (χ3v) is 4.02. The molecule has 1 aromatic rings. The lowest BCUT2D eigenvalue weighted by atomic mass is 10.1. The Morgan fingerprint density at radius 2 is 2.08 bits per heavy atom. The molecule has 0 saturated carbocycles. The summed E-state index contributed by atoms with van der Waals surface area (Å²) in [5, 5.41) is 2.92. The Morgan fingerprint density at radius 3 is 2.73 bits per heavy atom. The smallest absolute Gasteiger partial charge is 0.257 e. The van der Waals surface area contributed by atoms with Crippen molar-refractivity contribution in [2.24, 2.45) is 0 Å². The number of nitrogens with zero attached hydrogens (tertiary/aromatic N) is 2. The molecule has 0 bridgehead atoms. The first kappa shape index (κ1) is 19.9. The van der Waals surface area contributed by atoms with Crippen molar-refractivity contribution in [2.75, 3.05) is 48.1 Å². The van der Waals surface area contributed by atoms with Crippen LogP contribution < -0.4 is 14.8 Å². The van der Waals surface area contributed by atoms with Crippen molar-refractivity contribution < 1.29 is 28.5 Å². The van der Waals surface area contributed by atoms with Gasteiger partial charge in [-0.05, 0) is 12.5 Å².